The molecule has 2 atom stereocenters. The maximum absolute atomic E-state index is 3.41. The number of hydrogen-bond acceptors (Lipinski definition) is 1. The standard InChI is InChI=1S/C9H11N.2C2H6.HI/c1-2-10-9-5-8-4-7(8)3-6(1)9;2*1-2;/h3,5,7-8,10H,1-2,4H2;2*1-2H3;1H. The summed E-state index contributed by atoms with van der Waals surface area (Å²) in [6, 6.07) is 0. The van der Waals surface area contributed by atoms with E-state index in [9.17, 15) is 0 Å². The van der Waals surface area contributed by atoms with Gasteiger partial charge in [-0.25, -0.2) is 0 Å². The lowest BCUT2D eigenvalue weighted by molar-refractivity contribution is 0.896. The highest BCUT2D eigenvalue weighted by Crippen LogP contribution is 2.47. The molecule has 0 aromatic carbocycles. The molecule has 88 valence electrons. The van der Waals surface area contributed by atoms with Gasteiger partial charge in [0.25, 0.3) is 0 Å². The number of rotatable bonds is 0. The van der Waals surface area contributed by atoms with Gasteiger partial charge in [-0.05, 0) is 30.3 Å². The summed E-state index contributed by atoms with van der Waals surface area (Å²) in [4.78, 5) is 0. The van der Waals surface area contributed by atoms with Gasteiger partial charge in [0.1, 0.15) is 0 Å². The first-order valence-corrected chi connectivity index (χ1v) is 6.10. The first-order valence-electron chi connectivity index (χ1n) is 6.10. The molecule has 0 aromatic rings. The summed E-state index contributed by atoms with van der Waals surface area (Å²) in [5, 5.41) is 3.41. The molecule has 1 saturated carbocycles. The van der Waals surface area contributed by atoms with Crippen LogP contribution >= 0.6 is 24.0 Å². The first kappa shape index (κ1) is 15.0. The van der Waals surface area contributed by atoms with Crippen LogP contribution in [0.15, 0.2) is 23.4 Å². The van der Waals surface area contributed by atoms with Crippen molar-refractivity contribution in [3.05, 3.63) is 23.4 Å². The largest absolute Gasteiger partial charge is 0.385 e. The van der Waals surface area contributed by atoms with Gasteiger partial charge in [-0.1, -0.05) is 39.8 Å². The third-order valence-corrected chi connectivity index (χ3v) is 2.74. The first-order chi connectivity index (χ1) is 6.93. The van der Waals surface area contributed by atoms with Crippen LogP contribution in [-0.2, 0) is 0 Å². The number of hydrogen-bond donors (Lipinski definition) is 1. The van der Waals surface area contributed by atoms with Crippen molar-refractivity contribution in [2.24, 2.45) is 11.8 Å². The van der Waals surface area contributed by atoms with E-state index in [2.05, 4.69) is 17.5 Å². The molecule has 1 nitrogen and oxygen atoms in total. The van der Waals surface area contributed by atoms with E-state index in [4.69, 9.17) is 0 Å². The Balaban J connectivity index is 0.000000358. The molecular weight excluding hydrogens is 297 g/mol. The molecule has 1 heterocycles. The Morgan fingerprint density at radius 1 is 1.07 bits per heavy atom. The highest BCUT2D eigenvalue weighted by molar-refractivity contribution is 14.0. The van der Waals surface area contributed by atoms with Crippen molar-refractivity contribution in [3.63, 3.8) is 0 Å². The lowest BCUT2D eigenvalue weighted by Gasteiger charge is -2.05. The highest BCUT2D eigenvalue weighted by Gasteiger charge is 2.38. The van der Waals surface area contributed by atoms with Gasteiger partial charge in [0, 0.05) is 12.2 Å². The van der Waals surface area contributed by atoms with Crippen molar-refractivity contribution in [1.82, 2.24) is 5.32 Å². The lowest BCUT2D eigenvalue weighted by Crippen LogP contribution is -2.05. The van der Waals surface area contributed by atoms with E-state index >= 15 is 0 Å². The smallest absolute Gasteiger partial charge is 0.0332 e. The molecule has 2 aliphatic carbocycles. The number of allylic oxidation sites excluding steroid dienone is 3. The van der Waals surface area contributed by atoms with Crippen LogP contribution < -0.4 is 5.32 Å². The van der Waals surface area contributed by atoms with Crippen LogP contribution in [0.3, 0.4) is 0 Å². The molecule has 1 aliphatic heterocycles. The normalized spacial score (nSPS) is 28.0. The van der Waals surface area contributed by atoms with E-state index < -0.39 is 0 Å². The van der Waals surface area contributed by atoms with E-state index in [0.717, 1.165) is 18.4 Å². The molecule has 2 heteroatoms. The van der Waals surface area contributed by atoms with Gasteiger partial charge in [0.2, 0.25) is 0 Å². The summed E-state index contributed by atoms with van der Waals surface area (Å²) in [7, 11) is 0. The van der Waals surface area contributed by atoms with Gasteiger partial charge in [0.05, 0.1) is 0 Å². The zero-order chi connectivity index (χ0) is 10.6. The molecule has 1 N–H and O–H groups in total. The Morgan fingerprint density at radius 2 is 1.67 bits per heavy atom. The average molecular weight is 321 g/mol. The molecule has 0 bridgehead atoms. The van der Waals surface area contributed by atoms with Crippen LogP contribution in [0.25, 0.3) is 0 Å². The zero-order valence-electron chi connectivity index (χ0n) is 10.3. The monoisotopic (exact) mass is 321 g/mol. The summed E-state index contributed by atoms with van der Waals surface area (Å²) in [6.07, 6.45) is 7.57. The fraction of sp³-hybridized carbons (Fsp3) is 0.692. The Morgan fingerprint density at radius 3 is 2.33 bits per heavy atom. The minimum atomic E-state index is 0. The second kappa shape index (κ2) is 7.31. The van der Waals surface area contributed by atoms with Crippen molar-refractivity contribution < 1.29 is 0 Å². The highest BCUT2D eigenvalue weighted by atomic mass is 127. The second-order valence-corrected chi connectivity index (χ2v) is 3.51. The van der Waals surface area contributed by atoms with Crippen LogP contribution in [0.4, 0.5) is 0 Å². The molecule has 1 saturated heterocycles. The predicted octanol–water partition coefficient (Wildman–Crippen LogP) is 4.11. The summed E-state index contributed by atoms with van der Waals surface area (Å²) >= 11 is 0. The molecule has 3 aliphatic rings. The Hall–Kier alpha value is 0.01000. The minimum absolute atomic E-state index is 0. The molecule has 0 spiro atoms. The molecular formula is C13H24IN. The summed E-state index contributed by atoms with van der Waals surface area (Å²) in [6.45, 7) is 9.16. The molecule has 0 radical (unpaired) electrons. The van der Waals surface area contributed by atoms with Gasteiger partial charge in [-0.2, -0.15) is 0 Å². The van der Waals surface area contributed by atoms with E-state index in [1.807, 2.05) is 27.7 Å². The summed E-state index contributed by atoms with van der Waals surface area (Å²) in [5.41, 5.74) is 3.03. The zero-order valence-corrected chi connectivity index (χ0v) is 12.7. The van der Waals surface area contributed by atoms with E-state index in [1.54, 1.807) is 5.57 Å². The van der Waals surface area contributed by atoms with Crippen molar-refractivity contribution in [3.8, 4) is 0 Å². The lowest BCUT2D eigenvalue weighted by atomic mass is 10.0. The van der Waals surface area contributed by atoms with E-state index in [-0.39, 0.29) is 24.0 Å². The molecule has 2 fully saturated rings. The van der Waals surface area contributed by atoms with Crippen LogP contribution in [0.2, 0.25) is 0 Å². The summed E-state index contributed by atoms with van der Waals surface area (Å²) < 4.78 is 0. The van der Waals surface area contributed by atoms with Gasteiger partial charge >= 0.3 is 0 Å². The predicted molar refractivity (Wildman–Crippen MR) is 78.5 cm³/mol. The van der Waals surface area contributed by atoms with Crippen molar-refractivity contribution in [2.75, 3.05) is 6.54 Å². The van der Waals surface area contributed by atoms with Crippen molar-refractivity contribution >= 4 is 24.0 Å². The number of halogens is 1. The quantitative estimate of drug-likeness (QED) is 0.662. The topological polar surface area (TPSA) is 12.0 Å². The second-order valence-electron chi connectivity index (χ2n) is 3.51. The van der Waals surface area contributed by atoms with Gasteiger partial charge < -0.3 is 5.32 Å². The van der Waals surface area contributed by atoms with Crippen LogP contribution in [0.5, 0.6) is 0 Å². The molecule has 0 amide bonds. The van der Waals surface area contributed by atoms with Crippen LogP contribution in [0.1, 0.15) is 40.5 Å². The van der Waals surface area contributed by atoms with Gasteiger partial charge in [-0.15, -0.1) is 24.0 Å². The Bertz CT molecular complexity index is 219. The molecule has 15 heavy (non-hydrogen) atoms. The third-order valence-electron chi connectivity index (χ3n) is 2.74. The van der Waals surface area contributed by atoms with Crippen LogP contribution in [-0.4, -0.2) is 6.54 Å². The Kier molecular flexibility index (Phi) is 7.32. The van der Waals surface area contributed by atoms with Crippen LogP contribution in [0, 0.1) is 11.8 Å². The van der Waals surface area contributed by atoms with E-state index in [0.29, 0.717) is 0 Å². The van der Waals surface area contributed by atoms with Crippen molar-refractivity contribution in [2.45, 2.75) is 40.5 Å². The van der Waals surface area contributed by atoms with E-state index in [1.165, 1.54) is 18.5 Å². The van der Waals surface area contributed by atoms with Crippen molar-refractivity contribution in [1.29, 1.82) is 0 Å². The maximum atomic E-state index is 3.41. The molecule has 2 unspecified atom stereocenters. The Labute approximate surface area is 111 Å². The maximum Gasteiger partial charge on any atom is 0.0332 e. The SMILES string of the molecule is C1=C2CCNC2=CC2CC12.CC.CC.I. The minimum Gasteiger partial charge on any atom is -0.385 e. The summed E-state index contributed by atoms with van der Waals surface area (Å²) in [5.74, 6) is 1.84. The third kappa shape index (κ3) is 3.51. The number of fused-ring (bicyclic) bond motifs is 2. The molecule has 0 aromatic heterocycles. The fourth-order valence-corrected chi connectivity index (χ4v) is 2.01. The van der Waals surface area contributed by atoms with Gasteiger partial charge in [0.15, 0.2) is 0 Å². The number of nitrogens with one attached hydrogen (secondary N) is 1. The fourth-order valence-electron chi connectivity index (χ4n) is 2.01. The average Bonchev–Trinajstić information content (AvgIpc) is 2.87. The van der Waals surface area contributed by atoms with Gasteiger partial charge in [-0.3, -0.25) is 0 Å². The molecule has 3 rings (SSSR count).